The monoisotopic (exact) mass is 254 g/mol. The lowest BCUT2D eigenvalue weighted by atomic mass is 10.1. The van der Waals surface area contributed by atoms with Crippen LogP contribution in [0.25, 0.3) is 0 Å². The maximum absolute atomic E-state index is 12.3. The van der Waals surface area contributed by atoms with Crippen LogP contribution in [-0.2, 0) is 6.54 Å². The summed E-state index contributed by atoms with van der Waals surface area (Å²) in [7, 11) is 1.80. The topological polar surface area (TPSA) is 46.3 Å². The molecular weight excluding hydrogens is 236 g/mol. The summed E-state index contributed by atoms with van der Waals surface area (Å²) >= 11 is 0. The smallest absolute Gasteiger partial charge is 0.254 e. The molecule has 3 heteroatoms. The van der Waals surface area contributed by atoms with Crippen molar-refractivity contribution in [1.29, 1.82) is 0 Å². The van der Waals surface area contributed by atoms with Crippen molar-refractivity contribution in [1.82, 2.24) is 4.90 Å². The van der Waals surface area contributed by atoms with Gasteiger partial charge in [0.25, 0.3) is 5.91 Å². The van der Waals surface area contributed by atoms with E-state index in [9.17, 15) is 4.79 Å². The van der Waals surface area contributed by atoms with Gasteiger partial charge in [-0.15, -0.1) is 0 Å². The molecule has 0 unspecified atom stereocenters. The molecule has 0 aromatic heterocycles. The highest BCUT2D eigenvalue weighted by Gasteiger charge is 2.13. The van der Waals surface area contributed by atoms with Gasteiger partial charge in [-0.2, -0.15) is 0 Å². The SMILES string of the molecule is Cc1ccccc1C(=O)N(C)Cc1cccc(N)c1. The molecular formula is C16H18N2O. The van der Waals surface area contributed by atoms with E-state index in [0.717, 1.165) is 16.7 Å². The summed E-state index contributed by atoms with van der Waals surface area (Å²) in [4.78, 5) is 14.1. The number of rotatable bonds is 3. The number of nitrogens with zero attached hydrogens (tertiary/aromatic N) is 1. The minimum absolute atomic E-state index is 0.0283. The third-order valence-corrected chi connectivity index (χ3v) is 3.09. The average molecular weight is 254 g/mol. The van der Waals surface area contributed by atoms with Crippen molar-refractivity contribution in [2.75, 3.05) is 12.8 Å². The van der Waals surface area contributed by atoms with Crippen LogP contribution in [-0.4, -0.2) is 17.9 Å². The summed E-state index contributed by atoms with van der Waals surface area (Å²) in [5.74, 6) is 0.0283. The van der Waals surface area contributed by atoms with Crippen molar-refractivity contribution in [2.24, 2.45) is 0 Å². The number of aryl methyl sites for hydroxylation is 1. The van der Waals surface area contributed by atoms with Crippen molar-refractivity contribution in [2.45, 2.75) is 13.5 Å². The maximum Gasteiger partial charge on any atom is 0.254 e. The van der Waals surface area contributed by atoms with Crippen LogP contribution >= 0.6 is 0 Å². The summed E-state index contributed by atoms with van der Waals surface area (Å²) in [6, 6.07) is 15.2. The fourth-order valence-electron chi connectivity index (χ4n) is 2.06. The first kappa shape index (κ1) is 13.1. The van der Waals surface area contributed by atoms with Crippen LogP contribution in [0.15, 0.2) is 48.5 Å². The Balaban J connectivity index is 2.14. The van der Waals surface area contributed by atoms with Gasteiger partial charge in [0.1, 0.15) is 0 Å². The Morgan fingerprint density at radius 2 is 1.89 bits per heavy atom. The maximum atomic E-state index is 12.3. The molecule has 0 aliphatic rings. The first-order valence-electron chi connectivity index (χ1n) is 6.23. The molecule has 0 aliphatic carbocycles. The highest BCUT2D eigenvalue weighted by Crippen LogP contribution is 2.13. The van der Waals surface area contributed by atoms with Gasteiger partial charge in [0.05, 0.1) is 0 Å². The van der Waals surface area contributed by atoms with E-state index < -0.39 is 0 Å². The Kier molecular flexibility index (Phi) is 3.85. The van der Waals surface area contributed by atoms with Crippen molar-refractivity contribution >= 4 is 11.6 Å². The van der Waals surface area contributed by atoms with Gasteiger partial charge in [0, 0.05) is 24.8 Å². The molecule has 0 heterocycles. The van der Waals surface area contributed by atoms with Crippen LogP contribution in [0.4, 0.5) is 5.69 Å². The van der Waals surface area contributed by atoms with Crippen molar-refractivity contribution in [3.8, 4) is 0 Å². The molecule has 19 heavy (non-hydrogen) atoms. The van der Waals surface area contributed by atoms with E-state index in [2.05, 4.69) is 0 Å². The number of carbonyl (C=O) groups is 1. The van der Waals surface area contributed by atoms with Crippen LogP contribution in [0.1, 0.15) is 21.5 Å². The normalized spacial score (nSPS) is 10.2. The van der Waals surface area contributed by atoms with Crippen LogP contribution in [0.5, 0.6) is 0 Å². The predicted molar refractivity (Wildman–Crippen MR) is 77.8 cm³/mol. The molecule has 0 bridgehead atoms. The number of amides is 1. The Labute approximate surface area is 113 Å². The largest absolute Gasteiger partial charge is 0.399 e. The van der Waals surface area contributed by atoms with Crippen LogP contribution in [0.2, 0.25) is 0 Å². The van der Waals surface area contributed by atoms with Crippen molar-refractivity contribution in [3.63, 3.8) is 0 Å². The first-order valence-corrected chi connectivity index (χ1v) is 6.23. The highest BCUT2D eigenvalue weighted by atomic mass is 16.2. The van der Waals surface area contributed by atoms with E-state index in [4.69, 9.17) is 5.73 Å². The summed E-state index contributed by atoms with van der Waals surface area (Å²) in [5.41, 5.74) is 9.23. The zero-order valence-electron chi connectivity index (χ0n) is 11.3. The zero-order valence-corrected chi connectivity index (χ0v) is 11.3. The molecule has 0 saturated heterocycles. The predicted octanol–water partition coefficient (Wildman–Crippen LogP) is 2.85. The molecule has 1 amide bonds. The molecule has 2 aromatic rings. The van der Waals surface area contributed by atoms with E-state index in [-0.39, 0.29) is 5.91 Å². The van der Waals surface area contributed by atoms with E-state index in [1.54, 1.807) is 11.9 Å². The fraction of sp³-hybridized carbons (Fsp3) is 0.188. The molecule has 3 nitrogen and oxygen atoms in total. The van der Waals surface area contributed by atoms with E-state index >= 15 is 0 Å². The summed E-state index contributed by atoms with van der Waals surface area (Å²) < 4.78 is 0. The Morgan fingerprint density at radius 1 is 1.16 bits per heavy atom. The van der Waals surface area contributed by atoms with Gasteiger partial charge in [0.2, 0.25) is 0 Å². The number of carbonyl (C=O) groups excluding carboxylic acids is 1. The van der Waals surface area contributed by atoms with Crippen molar-refractivity contribution in [3.05, 3.63) is 65.2 Å². The standard InChI is InChI=1S/C16H18N2O/c1-12-6-3-4-9-15(12)16(19)18(2)11-13-7-5-8-14(17)10-13/h3-10H,11,17H2,1-2H3. The molecule has 2 aromatic carbocycles. The quantitative estimate of drug-likeness (QED) is 0.856. The Morgan fingerprint density at radius 3 is 2.58 bits per heavy atom. The second-order valence-electron chi connectivity index (χ2n) is 4.72. The summed E-state index contributed by atoms with van der Waals surface area (Å²) in [6.07, 6.45) is 0. The van der Waals surface area contributed by atoms with Gasteiger partial charge < -0.3 is 10.6 Å². The summed E-state index contributed by atoms with van der Waals surface area (Å²) in [6.45, 7) is 2.50. The molecule has 2 rings (SSSR count). The number of nitrogen functional groups attached to an aromatic ring is 1. The molecule has 2 N–H and O–H groups in total. The lowest BCUT2D eigenvalue weighted by Gasteiger charge is -2.18. The number of benzene rings is 2. The van der Waals surface area contributed by atoms with Gasteiger partial charge in [-0.25, -0.2) is 0 Å². The minimum atomic E-state index is 0.0283. The molecule has 0 aliphatic heterocycles. The van der Waals surface area contributed by atoms with Crippen LogP contribution in [0, 0.1) is 6.92 Å². The fourth-order valence-corrected chi connectivity index (χ4v) is 2.06. The molecule has 0 atom stereocenters. The Bertz CT molecular complexity index is 593. The molecule has 98 valence electrons. The third-order valence-electron chi connectivity index (χ3n) is 3.09. The van der Waals surface area contributed by atoms with Gasteiger partial charge in [-0.1, -0.05) is 30.3 Å². The van der Waals surface area contributed by atoms with Gasteiger partial charge in [-0.05, 0) is 36.2 Å². The van der Waals surface area contributed by atoms with E-state index in [1.165, 1.54) is 0 Å². The van der Waals surface area contributed by atoms with Gasteiger partial charge in [0.15, 0.2) is 0 Å². The number of hydrogen-bond acceptors (Lipinski definition) is 2. The highest BCUT2D eigenvalue weighted by molar-refractivity contribution is 5.95. The van der Waals surface area contributed by atoms with E-state index in [0.29, 0.717) is 12.2 Å². The van der Waals surface area contributed by atoms with Gasteiger partial charge in [-0.3, -0.25) is 4.79 Å². The molecule has 0 radical (unpaired) electrons. The molecule has 0 spiro atoms. The number of hydrogen-bond donors (Lipinski definition) is 1. The van der Waals surface area contributed by atoms with Crippen LogP contribution in [0.3, 0.4) is 0 Å². The first-order chi connectivity index (χ1) is 9.08. The number of nitrogens with two attached hydrogens (primary N) is 1. The minimum Gasteiger partial charge on any atom is -0.399 e. The average Bonchev–Trinajstić information content (AvgIpc) is 2.38. The molecule has 0 fully saturated rings. The van der Waals surface area contributed by atoms with E-state index in [1.807, 2.05) is 55.5 Å². The third kappa shape index (κ3) is 3.13. The summed E-state index contributed by atoms with van der Waals surface area (Å²) in [5, 5.41) is 0. The second-order valence-corrected chi connectivity index (χ2v) is 4.72. The lowest BCUT2D eigenvalue weighted by molar-refractivity contribution is 0.0784. The van der Waals surface area contributed by atoms with Crippen molar-refractivity contribution < 1.29 is 4.79 Å². The van der Waals surface area contributed by atoms with Gasteiger partial charge >= 0.3 is 0 Å². The second kappa shape index (κ2) is 5.57. The zero-order chi connectivity index (χ0) is 13.8. The molecule has 0 saturated carbocycles. The lowest BCUT2D eigenvalue weighted by Crippen LogP contribution is -2.26. The van der Waals surface area contributed by atoms with Crippen LogP contribution < -0.4 is 5.73 Å². The number of anilines is 1. The Hall–Kier alpha value is -2.29.